The van der Waals surface area contributed by atoms with Crippen molar-refractivity contribution in [1.82, 2.24) is 9.78 Å². The van der Waals surface area contributed by atoms with Gasteiger partial charge in [0, 0.05) is 28.5 Å². The minimum Gasteiger partial charge on any atom is -0.394 e. The number of hydrogen-bond donors (Lipinski definition) is 2. The molecular formula is C13H16BrN3O. The maximum absolute atomic E-state index is 8.82. The fourth-order valence-electron chi connectivity index (χ4n) is 1.72. The number of nitrogens with one attached hydrogen (secondary N) is 1. The Labute approximate surface area is 115 Å². The summed E-state index contributed by atoms with van der Waals surface area (Å²) in [4.78, 5) is 0. The molecule has 1 aromatic heterocycles. The molecule has 0 aliphatic rings. The Bertz CT molecular complexity index is 525. The Balaban J connectivity index is 2.00. The fraction of sp³-hybridized carbons (Fsp3) is 0.308. The average molecular weight is 310 g/mol. The summed E-state index contributed by atoms with van der Waals surface area (Å²) in [5.41, 5.74) is 3.40. The van der Waals surface area contributed by atoms with Crippen molar-refractivity contribution in [3.63, 3.8) is 0 Å². The van der Waals surface area contributed by atoms with Crippen LogP contribution >= 0.6 is 15.9 Å². The van der Waals surface area contributed by atoms with Gasteiger partial charge in [0.05, 0.1) is 19.3 Å². The van der Waals surface area contributed by atoms with Crippen molar-refractivity contribution in [2.75, 3.05) is 11.9 Å². The Hall–Kier alpha value is -1.33. The summed E-state index contributed by atoms with van der Waals surface area (Å²) in [5.74, 6) is 0. The lowest BCUT2D eigenvalue weighted by Crippen LogP contribution is -2.02. The van der Waals surface area contributed by atoms with Crippen molar-refractivity contribution >= 4 is 21.6 Å². The number of benzene rings is 1. The molecule has 2 N–H and O–H groups in total. The zero-order valence-electron chi connectivity index (χ0n) is 10.2. The number of anilines is 1. The second kappa shape index (κ2) is 6.02. The second-order valence-electron chi connectivity index (χ2n) is 4.10. The molecule has 2 rings (SSSR count). The topological polar surface area (TPSA) is 50.1 Å². The molecule has 4 nitrogen and oxygen atoms in total. The second-order valence-corrected chi connectivity index (χ2v) is 4.96. The highest BCUT2D eigenvalue weighted by Gasteiger charge is 2.02. The molecule has 0 spiro atoms. The monoisotopic (exact) mass is 309 g/mol. The van der Waals surface area contributed by atoms with Gasteiger partial charge in [0.1, 0.15) is 0 Å². The van der Waals surface area contributed by atoms with Crippen molar-refractivity contribution in [3.8, 4) is 0 Å². The summed E-state index contributed by atoms with van der Waals surface area (Å²) < 4.78 is 2.84. The molecule has 0 fully saturated rings. The van der Waals surface area contributed by atoms with Crippen LogP contribution in [-0.2, 0) is 13.1 Å². The summed E-state index contributed by atoms with van der Waals surface area (Å²) in [7, 11) is 0. The average Bonchev–Trinajstić information content (AvgIpc) is 2.79. The molecule has 0 saturated carbocycles. The zero-order chi connectivity index (χ0) is 13.0. The zero-order valence-corrected chi connectivity index (χ0v) is 11.8. The molecule has 5 heteroatoms. The van der Waals surface area contributed by atoms with Gasteiger partial charge in [-0.25, -0.2) is 0 Å². The van der Waals surface area contributed by atoms with Crippen LogP contribution in [0.3, 0.4) is 0 Å². The van der Waals surface area contributed by atoms with Gasteiger partial charge >= 0.3 is 0 Å². The van der Waals surface area contributed by atoms with Crippen LogP contribution in [0.1, 0.15) is 11.1 Å². The molecule has 0 saturated heterocycles. The molecule has 0 bridgehead atoms. The maximum atomic E-state index is 8.82. The van der Waals surface area contributed by atoms with Crippen LogP contribution in [-0.4, -0.2) is 21.5 Å². The van der Waals surface area contributed by atoms with Gasteiger partial charge in [-0.15, -0.1) is 0 Å². The molecule has 1 heterocycles. The van der Waals surface area contributed by atoms with Crippen LogP contribution in [0.25, 0.3) is 0 Å². The number of rotatable bonds is 5. The van der Waals surface area contributed by atoms with Crippen molar-refractivity contribution in [2.45, 2.75) is 20.0 Å². The molecule has 0 aliphatic heterocycles. The van der Waals surface area contributed by atoms with E-state index in [9.17, 15) is 0 Å². The molecule has 2 aromatic rings. The maximum Gasteiger partial charge on any atom is 0.0640 e. The van der Waals surface area contributed by atoms with E-state index in [4.69, 9.17) is 5.11 Å². The van der Waals surface area contributed by atoms with E-state index in [1.54, 1.807) is 4.68 Å². The molecule has 0 atom stereocenters. The summed E-state index contributed by atoms with van der Waals surface area (Å²) in [6.07, 6.45) is 3.76. The first kappa shape index (κ1) is 13.1. The summed E-state index contributed by atoms with van der Waals surface area (Å²) in [6, 6.07) is 6.09. The van der Waals surface area contributed by atoms with Crippen LogP contribution < -0.4 is 5.32 Å². The number of aromatic nitrogens is 2. The number of aliphatic hydroxyl groups is 1. The number of nitrogens with zero attached hydrogens (tertiary/aromatic N) is 2. The highest BCUT2D eigenvalue weighted by atomic mass is 79.9. The molecule has 18 heavy (non-hydrogen) atoms. The Kier molecular flexibility index (Phi) is 4.38. The quantitative estimate of drug-likeness (QED) is 0.892. The van der Waals surface area contributed by atoms with Gasteiger partial charge in [0.25, 0.3) is 0 Å². The third-order valence-electron chi connectivity index (χ3n) is 2.77. The van der Waals surface area contributed by atoms with E-state index in [-0.39, 0.29) is 6.61 Å². The standard InChI is InChI=1S/C13H16BrN3O/c1-10-12(14)3-2-4-13(10)15-7-11-8-16-17(9-11)5-6-18/h2-4,8-9,15,18H,5-7H2,1H3. The van der Waals surface area contributed by atoms with Gasteiger partial charge in [-0.05, 0) is 24.6 Å². The lowest BCUT2D eigenvalue weighted by molar-refractivity contribution is 0.269. The highest BCUT2D eigenvalue weighted by molar-refractivity contribution is 9.10. The van der Waals surface area contributed by atoms with Crippen molar-refractivity contribution in [1.29, 1.82) is 0 Å². The largest absolute Gasteiger partial charge is 0.394 e. The van der Waals surface area contributed by atoms with E-state index in [1.165, 1.54) is 5.56 Å². The predicted octanol–water partition coefficient (Wildman–Crippen LogP) is 2.56. The molecule has 0 unspecified atom stereocenters. The number of aliphatic hydroxyl groups excluding tert-OH is 1. The first-order chi connectivity index (χ1) is 8.70. The first-order valence-corrected chi connectivity index (χ1v) is 6.61. The molecule has 1 aromatic carbocycles. The van der Waals surface area contributed by atoms with Gasteiger partial charge in [0.15, 0.2) is 0 Å². The Morgan fingerprint density at radius 2 is 2.28 bits per heavy atom. The van der Waals surface area contributed by atoms with Crippen LogP contribution in [0.15, 0.2) is 35.1 Å². The Morgan fingerprint density at radius 3 is 3.06 bits per heavy atom. The molecule has 96 valence electrons. The molecule has 0 radical (unpaired) electrons. The van der Waals surface area contributed by atoms with Gasteiger partial charge in [0.2, 0.25) is 0 Å². The normalized spacial score (nSPS) is 10.6. The fourth-order valence-corrected chi connectivity index (χ4v) is 2.08. The third-order valence-corrected chi connectivity index (χ3v) is 3.63. The lowest BCUT2D eigenvalue weighted by atomic mass is 10.2. The predicted molar refractivity (Wildman–Crippen MR) is 75.5 cm³/mol. The summed E-state index contributed by atoms with van der Waals surface area (Å²) in [6.45, 7) is 3.44. The van der Waals surface area contributed by atoms with E-state index in [2.05, 4.69) is 39.3 Å². The van der Waals surface area contributed by atoms with Gasteiger partial charge in [-0.2, -0.15) is 5.10 Å². The lowest BCUT2D eigenvalue weighted by Gasteiger charge is -2.09. The smallest absolute Gasteiger partial charge is 0.0640 e. The molecule has 0 aliphatic carbocycles. The van der Waals surface area contributed by atoms with Crippen LogP contribution in [0.4, 0.5) is 5.69 Å². The van der Waals surface area contributed by atoms with Gasteiger partial charge < -0.3 is 10.4 Å². The highest BCUT2D eigenvalue weighted by Crippen LogP contribution is 2.23. The van der Waals surface area contributed by atoms with Crippen molar-refractivity contribution < 1.29 is 5.11 Å². The minimum atomic E-state index is 0.110. The minimum absolute atomic E-state index is 0.110. The van der Waals surface area contributed by atoms with Crippen molar-refractivity contribution in [3.05, 3.63) is 46.2 Å². The first-order valence-electron chi connectivity index (χ1n) is 5.82. The molecule has 0 amide bonds. The van der Waals surface area contributed by atoms with Crippen LogP contribution in [0.5, 0.6) is 0 Å². The van der Waals surface area contributed by atoms with Crippen LogP contribution in [0.2, 0.25) is 0 Å². The summed E-state index contributed by atoms with van der Waals surface area (Å²) in [5, 5.41) is 16.4. The SMILES string of the molecule is Cc1c(Br)cccc1NCc1cnn(CCO)c1. The van der Waals surface area contributed by atoms with Gasteiger partial charge in [-0.1, -0.05) is 22.0 Å². The van der Waals surface area contributed by atoms with E-state index in [0.717, 1.165) is 22.3 Å². The van der Waals surface area contributed by atoms with Crippen LogP contribution in [0, 0.1) is 6.92 Å². The van der Waals surface area contributed by atoms with E-state index < -0.39 is 0 Å². The number of halogens is 1. The van der Waals surface area contributed by atoms with E-state index in [1.807, 2.05) is 24.5 Å². The van der Waals surface area contributed by atoms with Crippen molar-refractivity contribution in [2.24, 2.45) is 0 Å². The molecular weight excluding hydrogens is 294 g/mol. The third kappa shape index (κ3) is 3.11. The summed E-state index contributed by atoms with van der Waals surface area (Å²) >= 11 is 3.51. The Morgan fingerprint density at radius 1 is 1.44 bits per heavy atom. The van der Waals surface area contributed by atoms with E-state index >= 15 is 0 Å². The van der Waals surface area contributed by atoms with Gasteiger partial charge in [-0.3, -0.25) is 4.68 Å². The number of hydrogen-bond acceptors (Lipinski definition) is 3. The van der Waals surface area contributed by atoms with E-state index in [0.29, 0.717) is 6.54 Å².